The SMILES string of the molecule is COCO[C@@H]1[C@H](OCOC)[C@@H](OCOC)C(=O)[C@H]2c3cc4c(cc3CN(C(=O)OCc3ccccc3)[C@@H]12)OCO4. The molecule has 12 heteroatoms. The molecule has 1 amide bonds. The molecule has 2 aromatic carbocycles. The number of fused-ring (bicyclic) bond motifs is 4. The molecule has 216 valence electrons. The van der Waals surface area contributed by atoms with E-state index in [2.05, 4.69) is 0 Å². The number of rotatable bonds is 11. The molecule has 5 rings (SSSR count). The van der Waals surface area contributed by atoms with Crippen molar-refractivity contribution in [1.29, 1.82) is 0 Å². The molecule has 0 unspecified atom stereocenters. The van der Waals surface area contributed by atoms with E-state index in [-0.39, 0.29) is 46.1 Å². The third-order valence-corrected chi connectivity index (χ3v) is 7.12. The molecule has 0 aromatic heterocycles. The predicted octanol–water partition coefficient (Wildman–Crippen LogP) is 2.57. The van der Waals surface area contributed by atoms with Crippen molar-refractivity contribution in [2.75, 3.05) is 48.5 Å². The average Bonchev–Trinajstić information content (AvgIpc) is 3.44. The second-order valence-electron chi connectivity index (χ2n) is 9.51. The van der Waals surface area contributed by atoms with Gasteiger partial charge < -0.3 is 42.6 Å². The monoisotopic (exact) mass is 559 g/mol. The Morgan fingerprint density at radius 1 is 0.900 bits per heavy atom. The van der Waals surface area contributed by atoms with Crippen molar-refractivity contribution in [3.63, 3.8) is 0 Å². The first-order valence-corrected chi connectivity index (χ1v) is 12.8. The van der Waals surface area contributed by atoms with Gasteiger partial charge in [-0.3, -0.25) is 9.69 Å². The van der Waals surface area contributed by atoms with Crippen molar-refractivity contribution in [3.05, 3.63) is 59.2 Å². The van der Waals surface area contributed by atoms with Gasteiger partial charge >= 0.3 is 6.09 Å². The Labute approximate surface area is 231 Å². The van der Waals surface area contributed by atoms with Crippen molar-refractivity contribution in [2.45, 2.75) is 43.4 Å². The molecule has 5 atom stereocenters. The standard InChI is InChI=1S/C28H33NO11/c1-32-13-38-25-23-22(24(30)26(39-14-33-2)27(25)40-15-34-3)19-10-21-20(36-16-37-21)9-18(19)11-29(23)28(31)35-12-17-7-5-4-6-8-17/h4-10,22-23,25-27H,11-16H2,1-3H3/t22-,23+,25-,26-,27-/m0/s1. The van der Waals surface area contributed by atoms with E-state index in [0.717, 1.165) is 11.1 Å². The van der Waals surface area contributed by atoms with Gasteiger partial charge in [0.05, 0.1) is 12.0 Å². The van der Waals surface area contributed by atoms with Crippen LogP contribution in [0.3, 0.4) is 0 Å². The van der Waals surface area contributed by atoms with Gasteiger partial charge in [0.2, 0.25) is 6.79 Å². The fourth-order valence-corrected chi connectivity index (χ4v) is 5.45. The minimum Gasteiger partial charge on any atom is -0.454 e. The molecule has 1 fully saturated rings. The first-order chi connectivity index (χ1) is 19.6. The molecule has 0 radical (unpaired) electrons. The Bertz CT molecular complexity index is 1180. The predicted molar refractivity (Wildman–Crippen MR) is 137 cm³/mol. The summed E-state index contributed by atoms with van der Waals surface area (Å²) in [4.78, 5) is 29.4. The quantitative estimate of drug-likeness (QED) is 0.378. The number of carbonyl (C=O) groups is 2. The Morgan fingerprint density at radius 2 is 1.55 bits per heavy atom. The number of Topliss-reactive ketones (excluding diaryl/α,β-unsaturated/α-hetero) is 1. The summed E-state index contributed by atoms with van der Waals surface area (Å²) in [5.74, 6) is -0.0969. The van der Waals surface area contributed by atoms with Crippen molar-refractivity contribution in [2.24, 2.45) is 0 Å². The molecule has 1 saturated carbocycles. The highest BCUT2D eigenvalue weighted by atomic mass is 16.7. The van der Waals surface area contributed by atoms with Crippen LogP contribution in [0, 0.1) is 0 Å². The molecule has 12 nitrogen and oxygen atoms in total. The molecule has 2 aliphatic heterocycles. The van der Waals surface area contributed by atoms with Crippen LogP contribution in [-0.4, -0.2) is 89.6 Å². The molecule has 0 N–H and O–H groups in total. The number of benzene rings is 2. The zero-order valence-corrected chi connectivity index (χ0v) is 22.6. The van der Waals surface area contributed by atoms with E-state index in [1.54, 1.807) is 12.1 Å². The maximum Gasteiger partial charge on any atom is 0.410 e. The van der Waals surface area contributed by atoms with Crippen molar-refractivity contribution in [1.82, 2.24) is 4.90 Å². The molecule has 2 heterocycles. The summed E-state index contributed by atoms with van der Waals surface area (Å²) in [6, 6.07) is 12.1. The van der Waals surface area contributed by atoms with Crippen LogP contribution in [0.2, 0.25) is 0 Å². The molecule has 0 spiro atoms. The molecule has 2 aromatic rings. The third kappa shape index (κ3) is 5.64. The number of amides is 1. The molecular weight excluding hydrogens is 526 g/mol. The van der Waals surface area contributed by atoms with Gasteiger partial charge in [-0.2, -0.15) is 0 Å². The zero-order chi connectivity index (χ0) is 28.1. The topological polar surface area (TPSA) is 120 Å². The van der Waals surface area contributed by atoms with Gasteiger partial charge in [-0.15, -0.1) is 0 Å². The van der Waals surface area contributed by atoms with Gasteiger partial charge in [0.15, 0.2) is 17.3 Å². The maximum absolute atomic E-state index is 14.2. The van der Waals surface area contributed by atoms with Crippen LogP contribution < -0.4 is 9.47 Å². The van der Waals surface area contributed by atoms with E-state index in [1.807, 2.05) is 30.3 Å². The first kappa shape index (κ1) is 28.3. The molecule has 0 saturated heterocycles. The smallest absolute Gasteiger partial charge is 0.410 e. The Balaban J connectivity index is 1.56. The number of ketones is 1. The number of hydrogen-bond donors (Lipinski definition) is 0. The van der Waals surface area contributed by atoms with Crippen LogP contribution in [0.4, 0.5) is 4.79 Å². The summed E-state index contributed by atoms with van der Waals surface area (Å²) < 4.78 is 50.4. The lowest BCUT2D eigenvalue weighted by Gasteiger charge is -2.51. The van der Waals surface area contributed by atoms with Gasteiger partial charge in [0.1, 0.15) is 45.3 Å². The van der Waals surface area contributed by atoms with Crippen LogP contribution in [0.25, 0.3) is 0 Å². The summed E-state index contributed by atoms with van der Waals surface area (Å²) in [6.07, 6.45) is -3.50. The van der Waals surface area contributed by atoms with E-state index in [1.165, 1.54) is 26.2 Å². The summed E-state index contributed by atoms with van der Waals surface area (Å²) >= 11 is 0. The number of hydrogen-bond acceptors (Lipinski definition) is 11. The van der Waals surface area contributed by atoms with Crippen molar-refractivity contribution in [3.8, 4) is 11.5 Å². The minimum atomic E-state index is -1.09. The largest absolute Gasteiger partial charge is 0.454 e. The average molecular weight is 560 g/mol. The summed E-state index contributed by atoms with van der Waals surface area (Å²) in [5.41, 5.74) is 2.24. The van der Waals surface area contributed by atoms with Gasteiger partial charge in [0, 0.05) is 27.9 Å². The van der Waals surface area contributed by atoms with Crippen molar-refractivity contribution < 1.29 is 52.2 Å². The molecule has 40 heavy (non-hydrogen) atoms. The lowest BCUT2D eigenvalue weighted by molar-refractivity contribution is -0.232. The second kappa shape index (κ2) is 12.9. The Morgan fingerprint density at radius 3 is 2.25 bits per heavy atom. The van der Waals surface area contributed by atoms with E-state index < -0.39 is 36.4 Å². The fraction of sp³-hybridized carbons (Fsp3) is 0.500. The highest BCUT2D eigenvalue weighted by molar-refractivity contribution is 5.94. The lowest BCUT2D eigenvalue weighted by Crippen LogP contribution is -2.67. The third-order valence-electron chi connectivity index (χ3n) is 7.12. The van der Waals surface area contributed by atoms with Crippen LogP contribution in [0.15, 0.2) is 42.5 Å². The van der Waals surface area contributed by atoms with Crippen LogP contribution in [0.5, 0.6) is 11.5 Å². The van der Waals surface area contributed by atoms with E-state index in [9.17, 15) is 9.59 Å². The number of ether oxygens (including phenoxy) is 9. The van der Waals surface area contributed by atoms with Crippen LogP contribution >= 0.6 is 0 Å². The lowest BCUT2D eigenvalue weighted by atomic mass is 9.70. The van der Waals surface area contributed by atoms with Gasteiger partial charge in [-0.25, -0.2) is 4.79 Å². The van der Waals surface area contributed by atoms with E-state index in [4.69, 9.17) is 42.6 Å². The van der Waals surface area contributed by atoms with Gasteiger partial charge in [-0.05, 0) is 28.8 Å². The van der Waals surface area contributed by atoms with Crippen LogP contribution in [-0.2, 0) is 51.1 Å². The van der Waals surface area contributed by atoms with Gasteiger partial charge in [-0.1, -0.05) is 30.3 Å². The molecule has 3 aliphatic rings. The number of carbonyl (C=O) groups excluding carboxylic acids is 2. The minimum absolute atomic E-state index is 0.0578. The van der Waals surface area contributed by atoms with Crippen molar-refractivity contribution >= 4 is 11.9 Å². The summed E-state index contributed by atoms with van der Waals surface area (Å²) in [6.45, 7) is -0.150. The van der Waals surface area contributed by atoms with E-state index in [0.29, 0.717) is 17.1 Å². The Hall–Kier alpha value is -3.26. The van der Waals surface area contributed by atoms with Crippen LogP contribution in [0.1, 0.15) is 22.6 Å². The van der Waals surface area contributed by atoms with Gasteiger partial charge in [0.25, 0.3) is 0 Å². The fourth-order valence-electron chi connectivity index (χ4n) is 5.45. The Kier molecular flexibility index (Phi) is 9.15. The van der Waals surface area contributed by atoms with E-state index >= 15 is 0 Å². The summed E-state index contributed by atoms with van der Waals surface area (Å²) in [5, 5.41) is 0. The number of methoxy groups -OCH3 is 3. The summed E-state index contributed by atoms with van der Waals surface area (Å²) in [7, 11) is 4.41. The maximum atomic E-state index is 14.2. The first-order valence-electron chi connectivity index (χ1n) is 12.8. The highest BCUT2D eigenvalue weighted by Crippen LogP contribution is 2.47. The highest BCUT2D eigenvalue weighted by Gasteiger charge is 2.58. The molecule has 1 aliphatic carbocycles. The molecule has 0 bridgehead atoms. The molecular formula is C28H33NO11. The number of nitrogens with zero attached hydrogens (tertiary/aromatic N) is 1. The zero-order valence-electron chi connectivity index (χ0n) is 22.6. The normalized spacial score (nSPS) is 24.9. The second-order valence-corrected chi connectivity index (χ2v) is 9.51.